The molecule has 10 heteroatoms. The molecule has 0 aliphatic heterocycles. The van der Waals surface area contributed by atoms with E-state index >= 15 is 0 Å². The molecular formula is C25H20N6O3S. The lowest BCUT2D eigenvalue weighted by Gasteiger charge is -2.10. The van der Waals surface area contributed by atoms with Gasteiger partial charge in [-0.1, -0.05) is 72.4 Å². The normalized spacial score (nSPS) is 11.2. The molecule has 3 aromatic carbocycles. The molecule has 4 rings (SSSR count). The summed E-state index contributed by atoms with van der Waals surface area (Å²) < 4.78 is 1.91. The van der Waals surface area contributed by atoms with Crippen LogP contribution in [-0.4, -0.2) is 37.6 Å². The lowest BCUT2D eigenvalue weighted by atomic mass is 10.2. The number of nitro groups is 1. The molecule has 0 fully saturated rings. The van der Waals surface area contributed by atoms with Crippen molar-refractivity contribution in [3.05, 3.63) is 107 Å². The van der Waals surface area contributed by atoms with Gasteiger partial charge in [0.25, 0.3) is 11.6 Å². The van der Waals surface area contributed by atoms with Gasteiger partial charge in [0, 0.05) is 23.5 Å². The monoisotopic (exact) mass is 484 g/mol. The Kier molecular flexibility index (Phi) is 7.77. The number of hydrazone groups is 1. The third-order valence-corrected chi connectivity index (χ3v) is 5.70. The number of thioether (sulfide) groups is 1. The van der Waals surface area contributed by atoms with Gasteiger partial charge in [0.2, 0.25) is 0 Å². The maximum Gasteiger partial charge on any atom is 0.276 e. The predicted octanol–water partition coefficient (Wildman–Crippen LogP) is 4.75. The molecule has 0 spiro atoms. The van der Waals surface area contributed by atoms with E-state index in [4.69, 9.17) is 0 Å². The van der Waals surface area contributed by atoms with Crippen molar-refractivity contribution in [1.82, 2.24) is 20.2 Å². The Labute approximate surface area is 205 Å². The molecule has 9 nitrogen and oxygen atoms in total. The third kappa shape index (κ3) is 6.06. The van der Waals surface area contributed by atoms with Crippen LogP contribution in [0.15, 0.2) is 101 Å². The molecule has 1 N–H and O–H groups in total. The zero-order valence-corrected chi connectivity index (χ0v) is 19.2. The number of amides is 1. The van der Waals surface area contributed by atoms with Crippen molar-refractivity contribution < 1.29 is 9.72 Å². The Balaban J connectivity index is 1.40. The number of carbonyl (C=O) groups excluding carboxylic acids is 1. The second-order valence-corrected chi connectivity index (χ2v) is 8.06. The highest BCUT2D eigenvalue weighted by Crippen LogP contribution is 2.27. The average Bonchev–Trinajstić information content (AvgIpc) is 3.32. The molecule has 0 unspecified atom stereocenters. The Morgan fingerprint density at radius 1 is 1.00 bits per heavy atom. The molecular weight excluding hydrogens is 464 g/mol. The first-order valence-corrected chi connectivity index (χ1v) is 11.5. The van der Waals surface area contributed by atoms with E-state index in [1.165, 1.54) is 30.1 Å². The zero-order valence-electron chi connectivity index (χ0n) is 18.4. The largest absolute Gasteiger partial charge is 0.276 e. The van der Waals surface area contributed by atoms with E-state index in [1.54, 1.807) is 24.3 Å². The van der Waals surface area contributed by atoms with Gasteiger partial charge in [-0.15, -0.1) is 10.2 Å². The Bertz CT molecular complexity index is 1370. The van der Waals surface area contributed by atoms with Crippen molar-refractivity contribution >= 4 is 35.6 Å². The van der Waals surface area contributed by atoms with Gasteiger partial charge in [-0.3, -0.25) is 19.5 Å². The van der Waals surface area contributed by atoms with Crippen LogP contribution in [0, 0.1) is 10.1 Å². The van der Waals surface area contributed by atoms with Gasteiger partial charge in [-0.2, -0.15) is 5.10 Å². The van der Waals surface area contributed by atoms with Crippen molar-refractivity contribution in [1.29, 1.82) is 0 Å². The minimum absolute atomic E-state index is 0.00464. The van der Waals surface area contributed by atoms with Crippen LogP contribution < -0.4 is 5.43 Å². The SMILES string of the molecule is O=C(CSc1nnc(-c2ccccc2)n1-c1ccccc1)N/N=C\C=C\c1ccccc1[N+](=O)[O-]. The van der Waals surface area contributed by atoms with Crippen molar-refractivity contribution in [2.75, 3.05) is 5.75 Å². The first-order chi connectivity index (χ1) is 17.1. The summed E-state index contributed by atoms with van der Waals surface area (Å²) in [6.07, 6.45) is 4.43. The number of benzene rings is 3. The van der Waals surface area contributed by atoms with Crippen LogP contribution in [0.4, 0.5) is 5.69 Å². The van der Waals surface area contributed by atoms with Gasteiger partial charge >= 0.3 is 0 Å². The lowest BCUT2D eigenvalue weighted by molar-refractivity contribution is -0.385. The van der Waals surface area contributed by atoms with E-state index < -0.39 is 4.92 Å². The summed E-state index contributed by atoms with van der Waals surface area (Å²) in [4.78, 5) is 22.9. The highest BCUT2D eigenvalue weighted by molar-refractivity contribution is 7.99. The Morgan fingerprint density at radius 2 is 1.69 bits per heavy atom. The molecule has 0 saturated carbocycles. The van der Waals surface area contributed by atoms with Crippen LogP contribution in [0.1, 0.15) is 5.56 Å². The summed E-state index contributed by atoms with van der Waals surface area (Å²) >= 11 is 1.24. The highest BCUT2D eigenvalue weighted by atomic mass is 32.2. The topological polar surface area (TPSA) is 115 Å². The fourth-order valence-corrected chi connectivity index (χ4v) is 3.95. The maximum atomic E-state index is 12.3. The highest BCUT2D eigenvalue weighted by Gasteiger charge is 2.17. The number of aromatic nitrogens is 3. The number of nitrogens with one attached hydrogen (secondary N) is 1. The van der Waals surface area contributed by atoms with Gasteiger partial charge < -0.3 is 0 Å². The summed E-state index contributed by atoms with van der Waals surface area (Å²) in [5.74, 6) is 0.428. The predicted molar refractivity (Wildman–Crippen MR) is 136 cm³/mol. The molecule has 1 heterocycles. The summed E-state index contributed by atoms with van der Waals surface area (Å²) in [5.41, 5.74) is 4.68. The summed E-state index contributed by atoms with van der Waals surface area (Å²) in [6, 6.07) is 25.8. The van der Waals surface area contributed by atoms with Gasteiger partial charge in [0.05, 0.1) is 16.2 Å². The number of allylic oxidation sites excluding steroid dienone is 1. The second-order valence-electron chi connectivity index (χ2n) is 7.12. The van der Waals surface area contributed by atoms with E-state index in [-0.39, 0.29) is 17.3 Å². The minimum Gasteiger partial charge on any atom is -0.272 e. The smallest absolute Gasteiger partial charge is 0.272 e. The molecule has 0 aliphatic carbocycles. The van der Waals surface area contributed by atoms with E-state index in [2.05, 4.69) is 20.7 Å². The van der Waals surface area contributed by atoms with Crippen molar-refractivity contribution in [2.45, 2.75) is 5.16 Å². The number of rotatable bonds is 9. The molecule has 0 atom stereocenters. The number of para-hydroxylation sites is 2. The van der Waals surface area contributed by atoms with E-state index in [1.807, 2.05) is 65.2 Å². The fourth-order valence-electron chi connectivity index (χ4n) is 3.20. The number of hydrogen-bond donors (Lipinski definition) is 1. The summed E-state index contributed by atoms with van der Waals surface area (Å²) in [5, 5.41) is 24.1. The summed E-state index contributed by atoms with van der Waals surface area (Å²) in [6.45, 7) is 0. The lowest BCUT2D eigenvalue weighted by Crippen LogP contribution is -2.19. The number of carbonyl (C=O) groups is 1. The van der Waals surface area contributed by atoms with E-state index in [0.717, 1.165) is 11.3 Å². The van der Waals surface area contributed by atoms with E-state index in [9.17, 15) is 14.9 Å². The number of hydrogen-bond acceptors (Lipinski definition) is 7. The number of nitrogens with zero attached hydrogens (tertiary/aromatic N) is 5. The Morgan fingerprint density at radius 3 is 2.43 bits per heavy atom. The molecule has 0 aliphatic rings. The second kappa shape index (κ2) is 11.5. The minimum atomic E-state index is -0.451. The van der Waals surface area contributed by atoms with Gasteiger partial charge in [-0.25, -0.2) is 5.43 Å². The van der Waals surface area contributed by atoms with Crippen LogP contribution in [0.3, 0.4) is 0 Å². The molecule has 0 saturated heterocycles. The van der Waals surface area contributed by atoms with Gasteiger partial charge in [-0.05, 0) is 30.4 Å². The van der Waals surface area contributed by atoms with Crippen molar-refractivity contribution in [3.63, 3.8) is 0 Å². The van der Waals surface area contributed by atoms with Gasteiger partial charge in [0.1, 0.15) is 0 Å². The molecule has 35 heavy (non-hydrogen) atoms. The molecule has 1 amide bonds. The van der Waals surface area contributed by atoms with Crippen molar-refractivity contribution in [3.8, 4) is 17.1 Å². The molecule has 4 aromatic rings. The van der Waals surface area contributed by atoms with Crippen LogP contribution in [-0.2, 0) is 4.79 Å². The standard InChI is InChI=1S/C25H20N6O3S/c32-23(27-26-17-9-13-19-10-7-8-16-22(19)31(33)34)18-35-25-29-28-24(20-11-3-1-4-12-20)30(25)21-14-5-2-6-15-21/h1-17H,18H2,(H,27,32)/b13-9+,26-17-. The van der Waals surface area contributed by atoms with E-state index in [0.29, 0.717) is 16.5 Å². The first-order valence-electron chi connectivity index (χ1n) is 10.5. The fraction of sp³-hybridized carbons (Fsp3) is 0.0400. The molecule has 1 aromatic heterocycles. The van der Waals surface area contributed by atoms with Crippen molar-refractivity contribution in [2.24, 2.45) is 5.10 Å². The third-order valence-electron chi connectivity index (χ3n) is 4.77. The van der Waals surface area contributed by atoms with Crippen LogP contribution in [0.25, 0.3) is 23.2 Å². The first kappa shape index (κ1) is 23.6. The van der Waals surface area contributed by atoms with Crippen LogP contribution in [0.2, 0.25) is 0 Å². The summed E-state index contributed by atoms with van der Waals surface area (Å²) in [7, 11) is 0. The van der Waals surface area contributed by atoms with Gasteiger partial charge in [0.15, 0.2) is 11.0 Å². The Hall–Kier alpha value is -4.57. The maximum absolute atomic E-state index is 12.3. The van der Waals surface area contributed by atoms with Crippen LogP contribution >= 0.6 is 11.8 Å². The zero-order chi connectivity index (χ0) is 24.5. The molecule has 174 valence electrons. The van der Waals surface area contributed by atoms with Crippen LogP contribution in [0.5, 0.6) is 0 Å². The quantitative estimate of drug-likeness (QED) is 0.159. The molecule has 0 radical (unpaired) electrons. The average molecular weight is 485 g/mol. The molecule has 0 bridgehead atoms. The number of nitro benzene ring substituents is 1.